The maximum absolute atomic E-state index is 12.0. The van der Waals surface area contributed by atoms with Gasteiger partial charge in [-0.1, -0.05) is 12.1 Å². The SMILES string of the molecule is CC(=O)c1cccc(-n2c(C)cc(/C=N/NC(=O)CN3CCOCC3)c2C)c1. The van der Waals surface area contributed by atoms with Gasteiger partial charge in [0.2, 0.25) is 0 Å². The number of rotatable bonds is 6. The fraction of sp³-hybridized carbons (Fsp3) is 0.381. The Morgan fingerprint density at radius 3 is 2.68 bits per heavy atom. The molecule has 3 rings (SSSR count). The average molecular weight is 382 g/mol. The van der Waals surface area contributed by atoms with Crippen molar-refractivity contribution in [3.05, 3.63) is 52.8 Å². The summed E-state index contributed by atoms with van der Waals surface area (Å²) in [5.41, 5.74) is 7.13. The normalized spacial score (nSPS) is 15.1. The minimum absolute atomic E-state index is 0.0362. The Morgan fingerprint density at radius 2 is 1.96 bits per heavy atom. The minimum Gasteiger partial charge on any atom is -0.379 e. The Kier molecular flexibility index (Phi) is 6.38. The number of aryl methyl sites for hydroxylation is 1. The number of carbonyl (C=O) groups is 2. The highest BCUT2D eigenvalue weighted by atomic mass is 16.5. The number of hydrogen-bond donors (Lipinski definition) is 1. The number of morpholine rings is 1. The lowest BCUT2D eigenvalue weighted by atomic mass is 10.1. The first-order chi connectivity index (χ1) is 13.5. The van der Waals surface area contributed by atoms with Crippen LogP contribution in [0.5, 0.6) is 0 Å². The van der Waals surface area contributed by atoms with E-state index in [1.165, 1.54) is 0 Å². The van der Waals surface area contributed by atoms with Gasteiger partial charge >= 0.3 is 0 Å². The molecule has 28 heavy (non-hydrogen) atoms. The molecule has 1 aromatic carbocycles. The molecule has 0 saturated carbocycles. The van der Waals surface area contributed by atoms with E-state index in [1.54, 1.807) is 13.1 Å². The summed E-state index contributed by atoms with van der Waals surface area (Å²) in [4.78, 5) is 25.8. The quantitative estimate of drug-likeness (QED) is 0.472. The number of carbonyl (C=O) groups excluding carboxylic acids is 2. The van der Waals surface area contributed by atoms with Crippen LogP contribution in [0.2, 0.25) is 0 Å². The summed E-state index contributed by atoms with van der Waals surface area (Å²) in [7, 11) is 0. The average Bonchev–Trinajstić information content (AvgIpc) is 2.96. The third-order valence-corrected chi connectivity index (χ3v) is 4.84. The maximum atomic E-state index is 12.0. The van der Waals surface area contributed by atoms with Crippen molar-refractivity contribution in [1.82, 2.24) is 14.9 Å². The van der Waals surface area contributed by atoms with Gasteiger partial charge in [-0.25, -0.2) is 5.43 Å². The molecule has 148 valence electrons. The van der Waals surface area contributed by atoms with E-state index in [2.05, 4.69) is 15.1 Å². The maximum Gasteiger partial charge on any atom is 0.254 e. The number of nitrogens with zero attached hydrogens (tertiary/aromatic N) is 3. The number of hydrogen-bond acceptors (Lipinski definition) is 5. The molecule has 0 radical (unpaired) electrons. The second-order valence-electron chi connectivity index (χ2n) is 6.95. The van der Waals surface area contributed by atoms with Gasteiger partial charge in [0.05, 0.1) is 26.0 Å². The monoisotopic (exact) mass is 382 g/mol. The Balaban J connectivity index is 1.69. The molecular weight excluding hydrogens is 356 g/mol. The molecule has 2 aromatic rings. The highest BCUT2D eigenvalue weighted by molar-refractivity contribution is 5.94. The smallest absolute Gasteiger partial charge is 0.254 e. The first-order valence-electron chi connectivity index (χ1n) is 9.38. The van der Waals surface area contributed by atoms with E-state index in [-0.39, 0.29) is 11.7 Å². The number of benzene rings is 1. The summed E-state index contributed by atoms with van der Waals surface area (Å²) >= 11 is 0. The van der Waals surface area contributed by atoms with Crippen molar-refractivity contribution in [3.8, 4) is 5.69 Å². The topological polar surface area (TPSA) is 75.9 Å². The Hall–Kier alpha value is -2.77. The van der Waals surface area contributed by atoms with Crippen LogP contribution in [0.3, 0.4) is 0 Å². The predicted molar refractivity (Wildman–Crippen MR) is 108 cm³/mol. The van der Waals surface area contributed by atoms with Gasteiger partial charge in [-0.3, -0.25) is 14.5 Å². The first kappa shape index (κ1) is 20.0. The number of aromatic nitrogens is 1. The predicted octanol–water partition coefficient (Wildman–Crippen LogP) is 2.08. The summed E-state index contributed by atoms with van der Waals surface area (Å²) in [6.07, 6.45) is 1.66. The van der Waals surface area contributed by atoms with Crippen LogP contribution >= 0.6 is 0 Å². The van der Waals surface area contributed by atoms with E-state index in [1.807, 2.05) is 49.1 Å². The molecule has 7 nitrogen and oxygen atoms in total. The van der Waals surface area contributed by atoms with Crippen molar-refractivity contribution in [2.75, 3.05) is 32.8 Å². The largest absolute Gasteiger partial charge is 0.379 e. The summed E-state index contributed by atoms with van der Waals surface area (Å²) in [5, 5.41) is 4.11. The standard InChI is InChI=1S/C21H26N4O3/c1-15-11-19(13-22-23-21(27)14-24-7-9-28-10-8-24)16(2)25(15)20-6-4-5-18(12-20)17(3)26/h4-6,11-13H,7-10,14H2,1-3H3,(H,23,27)/b22-13+. The van der Waals surface area contributed by atoms with Gasteiger partial charge in [0, 0.05) is 41.3 Å². The lowest BCUT2D eigenvalue weighted by Gasteiger charge is -2.25. The van der Waals surface area contributed by atoms with Crippen molar-refractivity contribution >= 4 is 17.9 Å². The van der Waals surface area contributed by atoms with Crippen LogP contribution < -0.4 is 5.43 Å². The lowest BCUT2D eigenvalue weighted by molar-refractivity contribution is -0.123. The van der Waals surface area contributed by atoms with Gasteiger partial charge in [0.15, 0.2) is 5.78 Å². The Bertz CT molecular complexity index is 895. The van der Waals surface area contributed by atoms with Crippen molar-refractivity contribution in [3.63, 3.8) is 0 Å². The van der Waals surface area contributed by atoms with Gasteiger partial charge in [0.25, 0.3) is 5.91 Å². The fourth-order valence-electron chi connectivity index (χ4n) is 3.35. The third-order valence-electron chi connectivity index (χ3n) is 4.84. The molecule has 1 aliphatic rings. The molecule has 1 amide bonds. The highest BCUT2D eigenvalue weighted by Crippen LogP contribution is 2.20. The zero-order valence-corrected chi connectivity index (χ0v) is 16.6. The fourth-order valence-corrected chi connectivity index (χ4v) is 3.35. The van der Waals surface area contributed by atoms with E-state index in [0.29, 0.717) is 25.3 Å². The number of ketones is 1. The molecule has 7 heteroatoms. The summed E-state index contributed by atoms with van der Waals surface area (Å²) in [5.74, 6) is -0.102. The van der Waals surface area contributed by atoms with E-state index < -0.39 is 0 Å². The molecule has 1 saturated heterocycles. The highest BCUT2D eigenvalue weighted by Gasteiger charge is 2.14. The van der Waals surface area contributed by atoms with Crippen LogP contribution in [-0.4, -0.2) is 60.2 Å². The van der Waals surface area contributed by atoms with Crippen LogP contribution in [0.15, 0.2) is 35.4 Å². The molecule has 2 heterocycles. The molecular formula is C21H26N4O3. The van der Waals surface area contributed by atoms with Crippen LogP contribution in [0.1, 0.15) is 34.2 Å². The number of ether oxygens (including phenoxy) is 1. The molecule has 1 fully saturated rings. The Labute approximate surface area is 165 Å². The zero-order chi connectivity index (χ0) is 20.1. The van der Waals surface area contributed by atoms with Crippen molar-refractivity contribution in [1.29, 1.82) is 0 Å². The molecule has 1 aliphatic heterocycles. The van der Waals surface area contributed by atoms with Crippen LogP contribution in [-0.2, 0) is 9.53 Å². The van der Waals surface area contributed by atoms with Crippen LogP contribution in [0.25, 0.3) is 5.69 Å². The Morgan fingerprint density at radius 1 is 1.21 bits per heavy atom. The lowest BCUT2D eigenvalue weighted by Crippen LogP contribution is -2.42. The number of Topliss-reactive ketones (excluding diaryl/α,β-unsaturated/α-hetero) is 1. The van der Waals surface area contributed by atoms with Crippen LogP contribution in [0.4, 0.5) is 0 Å². The molecule has 0 unspecified atom stereocenters. The second-order valence-corrected chi connectivity index (χ2v) is 6.95. The first-order valence-corrected chi connectivity index (χ1v) is 9.38. The second kappa shape index (κ2) is 8.95. The summed E-state index contributed by atoms with van der Waals surface area (Å²) in [6.45, 7) is 8.71. The van der Waals surface area contributed by atoms with E-state index >= 15 is 0 Å². The molecule has 0 spiro atoms. The number of hydrazone groups is 1. The summed E-state index contributed by atoms with van der Waals surface area (Å²) < 4.78 is 7.35. The van der Waals surface area contributed by atoms with Crippen molar-refractivity contribution in [2.45, 2.75) is 20.8 Å². The molecule has 0 aliphatic carbocycles. The van der Waals surface area contributed by atoms with E-state index in [4.69, 9.17) is 4.74 Å². The van der Waals surface area contributed by atoms with Gasteiger partial charge in [0.1, 0.15) is 0 Å². The van der Waals surface area contributed by atoms with Gasteiger partial charge in [-0.15, -0.1) is 0 Å². The van der Waals surface area contributed by atoms with E-state index in [0.717, 1.165) is 35.7 Å². The number of nitrogens with one attached hydrogen (secondary N) is 1. The summed E-state index contributed by atoms with van der Waals surface area (Å²) in [6, 6.07) is 9.55. The van der Waals surface area contributed by atoms with Gasteiger partial charge in [-0.2, -0.15) is 5.10 Å². The zero-order valence-electron chi connectivity index (χ0n) is 16.6. The van der Waals surface area contributed by atoms with Crippen LogP contribution in [0, 0.1) is 13.8 Å². The number of amides is 1. The van der Waals surface area contributed by atoms with Gasteiger partial charge in [-0.05, 0) is 39.0 Å². The van der Waals surface area contributed by atoms with Gasteiger partial charge < -0.3 is 9.30 Å². The van der Waals surface area contributed by atoms with Crippen molar-refractivity contribution in [2.24, 2.45) is 5.10 Å². The third kappa shape index (κ3) is 4.74. The van der Waals surface area contributed by atoms with E-state index in [9.17, 15) is 9.59 Å². The molecule has 1 aromatic heterocycles. The molecule has 0 atom stereocenters. The minimum atomic E-state index is -0.138. The molecule has 1 N–H and O–H groups in total. The van der Waals surface area contributed by atoms with Crippen molar-refractivity contribution < 1.29 is 14.3 Å². The molecule has 0 bridgehead atoms.